The highest BCUT2D eigenvalue weighted by Gasteiger charge is 2.12. The molecule has 0 atom stereocenters. The molecule has 106 valence electrons. The van der Waals surface area contributed by atoms with Gasteiger partial charge in [0.15, 0.2) is 0 Å². The number of hydrazine groups is 1. The summed E-state index contributed by atoms with van der Waals surface area (Å²) >= 11 is 0. The van der Waals surface area contributed by atoms with Gasteiger partial charge >= 0.3 is 0 Å². The molecular formula is C12H22N6O. The third-order valence-electron chi connectivity index (χ3n) is 2.95. The lowest BCUT2D eigenvalue weighted by Gasteiger charge is -2.17. The number of nitrogens with one attached hydrogen (secondary N) is 2. The van der Waals surface area contributed by atoms with Crippen LogP contribution in [0.4, 0.5) is 11.6 Å². The number of nitrogen functional groups attached to an aromatic ring is 1. The largest absolute Gasteiger partial charge is 0.361 e. The zero-order chi connectivity index (χ0) is 14.4. The molecule has 0 bridgehead atoms. The number of aryl methyl sites for hydroxylation is 1. The van der Waals surface area contributed by atoms with Crippen LogP contribution in [0.15, 0.2) is 0 Å². The first-order valence-corrected chi connectivity index (χ1v) is 6.35. The first kappa shape index (κ1) is 15.2. The third-order valence-corrected chi connectivity index (χ3v) is 2.95. The Morgan fingerprint density at radius 1 is 1.32 bits per heavy atom. The van der Waals surface area contributed by atoms with Crippen LogP contribution in [0.3, 0.4) is 0 Å². The van der Waals surface area contributed by atoms with Gasteiger partial charge in [-0.05, 0) is 13.8 Å². The summed E-state index contributed by atoms with van der Waals surface area (Å²) in [5.74, 6) is 7.33. The standard InChI is InChI=1S/C12H22N6O/c1-5-9-15-11(8(3)12(16-9)17-13)14-7-10(19)18(4)6-2/h5-7,13H2,1-4H3,(H2,14,15,16,17). The fraction of sp³-hybridized carbons (Fsp3) is 0.583. The number of rotatable bonds is 6. The van der Waals surface area contributed by atoms with Crippen LogP contribution in [0.2, 0.25) is 0 Å². The Morgan fingerprint density at radius 2 is 1.95 bits per heavy atom. The second-order valence-electron chi connectivity index (χ2n) is 4.22. The maximum absolute atomic E-state index is 11.7. The summed E-state index contributed by atoms with van der Waals surface area (Å²) in [4.78, 5) is 22.0. The van der Waals surface area contributed by atoms with Gasteiger partial charge in [-0.15, -0.1) is 0 Å². The van der Waals surface area contributed by atoms with E-state index in [1.807, 2.05) is 20.8 Å². The molecule has 0 aliphatic rings. The molecule has 0 aromatic carbocycles. The fourth-order valence-electron chi connectivity index (χ4n) is 1.50. The van der Waals surface area contributed by atoms with Crippen molar-refractivity contribution in [3.05, 3.63) is 11.4 Å². The van der Waals surface area contributed by atoms with Gasteiger partial charge in [0.1, 0.15) is 17.5 Å². The average Bonchev–Trinajstić information content (AvgIpc) is 2.44. The normalized spacial score (nSPS) is 10.2. The molecule has 0 aliphatic heterocycles. The Kier molecular flexibility index (Phi) is 5.50. The van der Waals surface area contributed by atoms with E-state index in [9.17, 15) is 4.79 Å². The molecule has 0 spiro atoms. The van der Waals surface area contributed by atoms with Crippen molar-refractivity contribution in [2.75, 3.05) is 30.9 Å². The highest BCUT2D eigenvalue weighted by atomic mass is 16.2. The van der Waals surface area contributed by atoms with Crippen LogP contribution in [-0.2, 0) is 11.2 Å². The van der Waals surface area contributed by atoms with Crippen molar-refractivity contribution in [2.24, 2.45) is 5.84 Å². The number of carbonyl (C=O) groups excluding carboxylic acids is 1. The van der Waals surface area contributed by atoms with E-state index >= 15 is 0 Å². The van der Waals surface area contributed by atoms with Gasteiger partial charge < -0.3 is 15.6 Å². The van der Waals surface area contributed by atoms with Crippen molar-refractivity contribution in [2.45, 2.75) is 27.2 Å². The molecule has 4 N–H and O–H groups in total. The Hall–Kier alpha value is -1.89. The van der Waals surface area contributed by atoms with E-state index in [-0.39, 0.29) is 12.5 Å². The van der Waals surface area contributed by atoms with Crippen LogP contribution in [0.5, 0.6) is 0 Å². The molecule has 0 aliphatic carbocycles. The van der Waals surface area contributed by atoms with E-state index in [0.717, 1.165) is 5.56 Å². The predicted octanol–water partition coefficient (Wildman–Crippen LogP) is 0.523. The maximum atomic E-state index is 11.7. The molecule has 1 amide bonds. The quantitative estimate of drug-likeness (QED) is 0.513. The van der Waals surface area contributed by atoms with Crippen molar-refractivity contribution in [1.82, 2.24) is 14.9 Å². The van der Waals surface area contributed by atoms with E-state index in [1.54, 1.807) is 11.9 Å². The summed E-state index contributed by atoms with van der Waals surface area (Å²) in [5.41, 5.74) is 3.34. The Bertz CT molecular complexity index is 448. The number of nitrogens with two attached hydrogens (primary N) is 1. The number of aromatic nitrogens is 2. The highest BCUT2D eigenvalue weighted by molar-refractivity contribution is 5.80. The first-order chi connectivity index (χ1) is 9.03. The molecular weight excluding hydrogens is 244 g/mol. The van der Waals surface area contributed by atoms with Gasteiger partial charge in [-0.25, -0.2) is 15.8 Å². The minimum absolute atomic E-state index is 0.0146. The fourth-order valence-corrected chi connectivity index (χ4v) is 1.50. The smallest absolute Gasteiger partial charge is 0.241 e. The molecule has 1 heterocycles. The summed E-state index contributed by atoms with van der Waals surface area (Å²) in [6.07, 6.45) is 0.701. The number of anilines is 2. The molecule has 1 aromatic rings. The van der Waals surface area contributed by atoms with Gasteiger partial charge in [-0.2, -0.15) is 0 Å². The predicted molar refractivity (Wildman–Crippen MR) is 75.8 cm³/mol. The van der Waals surface area contributed by atoms with E-state index < -0.39 is 0 Å². The van der Waals surface area contributed by atoms with E-state index in [2.05, 4.69) is 20.7 Å². The zero-order valence-corrected chi connectivity index (χ0v) is 11.9. The number of carbonyl (C=O) groups is 1. The first-order valence-electron chi connectivity index (χ1n) is 6.35. The average molecular weight is 266 g/mol. The lowest BCUT2D eigenvalue weighted by molar-refractivity contribution is -0.127. The minimum atomic E-state index is 0.0146. The van der Waals surface area contributed by atoms with Crippen LogP contribution in [0.25, 0.3) is 0 Å². The number of likely N-dealkylation sites (N-methyl/N-ethyl adjacent to an activating group) is 1. The van der Waals surface area contributed by atoms with Gasteiger partial charge in [0, 0.05) is 25.6 Å². The summed E-state index contributed by atoms with van der Waals surface area (Å²) < 4.78 is 0. The SMILES string of the molecule is CCc1nc(NN)c(C)c(NCC(=O)N(C)CC)n1. The minimum Gasteiger partial charge on any atom is -0.361 e. The Balaban J connectivity index is 2.85. The Labute approximate surface area is 113 Å². The van der Waals surface area contributed by atoms with Crippen LogP contribution in [0.1, 0.15) is 25.2 Å². The van der Waals surface area contributed by atoms with Gasteiger partial charge in [0.25, 0.3) is 0 Å². The number of nitrogens with zero attached hydrogens (tertiary/aromatic N) is 3. The van der Waals surface area contributed by atoms with Crippen LogP contribution in [-0.4, -0.2) is 40.9 Å². The van der Waals surface area contributed by atoms with Crippen molar-refractivity contribution in [3.8, 4) is 0 Å². The van der Waals surface area contributed by atoms with Crippen LogP contribution < -0.4 is 16.6 Å². The molecule has 1 aromatic heterocycles. The number of amides is 1. The molecule has 7 nitrogen and oxygen atoms in total. The second kappa shape index (κ2) is 6.89. The molecule has 0 saturated carbocycles. The monoisotopic (exact) mass is 266 g/mol. The van der Waals surface area contributed by atoms with Gasteiger partial charge in [-0.3, -0.25) is 4.79 Å². The summed E-state index contributed by atoms with van der Waals surface area (Å²) in [6, 6.07) is 0. The molecule has 19 heavy (non-hydrogen) atoms. The maximum Gasteiger partial charge on any atom is 0.241 e. The number of hydrogen-bond acceptors (Lipinski definition) is 6. The lowest BCUT2D eigenvalue weighted by Crippen LogP contribution is -2.32. The summed E-state index contributed by atoms with van der Waals surface area (Å²) in [6.45, 7) is 6.63. The molecule has 0 saturated heterocycles. The summed E-state index contributed by atoms with van der Waals surface area (Å²) in [5, 5.41) is 3.04. The zero-order valence-electron chi connectivity index (χ0n) is 11.9. The lowest BCUT2D eigenvalue weighted by atomic mass is 10.3. The molecule has 7 heteroatoms. The van der Waals surface area contributed by atoms with Crippen molar-refractivity contribution in [3.63, 3.8) is 0 Å². The van der Waals surface area contributed by atoms with Crippen LogP contribution in [0, 0.1) is 6.92 Å². The van der Waals surface area contributed by atoms with Crippen molar-refractivity contribution < 1.29 is 4.79 Å². The Morgan fingerprint density at radius 3 is 2.47 bits per heavy atom. The molecule has 0 unspecified atom stereocenters. The van der Waals surface area contributed by atoms with Crippen molar-refractivity contribution in [1.29, 1.82) is 0 Å². The van der Waals surface area contributed by atoms with E-state index in [4.69, 9.17) is 5.84 Å². The molecule has 0 fully saturated rings. The summed E-state index contributed by atoms with van der Waals surface area (Å²) in [7, 11) is 1.77. The second-order valence-corrected chi connectivity index (χ2v) is 4.22. The molecule has 0 radical (unpaired) electrons. The van der Waals surface area contributed by atoms with E-state index in [0.29, 0.717) is 30.4 Å². The van der Waals surface area contributed by atoms with Gasteiger partial charge in [0.2, 0.25) is 5.91 Å². The van der Waals surface area contributed by atoms with E-state index in [1.165, 1.54) is 0 Å². The topological polar surface area (TPSA) is 96.2 Å². The van der Waals surface area contributed by atoms with Crippen molar-refractivity contribution >= 4 is 17.5 Å². The number of hydrogen-bond donors (Lipinski definition) is 3. The van der Waals surface area contributed by atoms with Gasteiger partial charge in [0.05, 0.1) is 6.54 Å². The van der Waals surface area contributed by atoms with Crippen LogP contribution >= 0.6 is 0 Å². The highest BCUT2D eigenvalue weighted by Crippen LogP contribution is 2.19. The molecule has 1 rings (SSSR count). The van der Waals surface area contributed by atoms with Gasteiger partial charge in [-0.1, -0.05) is 6.92 Å². The third kappa shape index (κ3) is 3.78.